The number of amides is 1. The highest BCUT2D eigenvalue weighted by Gasteiger charge is 2.22. The molecule has 0 aromatic heterocycles. The number of carbonyl (C=O) groups is 1. The number of hydrogen-bond donors (Lipinski definition) is 2. The smallest absolute Gasteiger partial charge is 0.253 e. The number of benzene rings is 1. The van der Waals surface area contributed by atoms with E-state index in [1.165, 1.54) is 12.8 Å². The monoisotopic (exact) mass is 247 g/mol. The molecule has 1 saturated carbocycles. The summed E-state index contributed by atoms with van der Waals surface area (Å²) in [4.78, 5) is 11.9. The van der Waals surface area contributed by atoms with E-state index in [0.717, 1.165) is 25.7 Å². The van der Waals surface area contributed by atoms with Crippen molar-refractivity contribution in [2.75, 3.05) is 0 Å². The minimum atomic E-state index is -0.712. The molecule has 18 heavy (non-hydrogen) atoms. The zero-order valence-corrected chi connectivity index (χ0v) is 10.6. The van der Waals surface area contributed by atoms with Crippen molar-refractivity contribution < 1.29 is 9.90 Å². The quantitative estimate of drug-likeness (QED) is 0.637. The van der Waals surface area contributed by atoms with Gasteiger partial charge in [-0.05, 0) is 25.0 Å². The summed E-state index contributed by atoms with van der Waals surface area (Å²) in [6, 6.07) is 9.04. The van der Waals surface area contributed by atoms with Gasteiger partial charge in [-0.3, -0.25) is 4.79 Å². The van der Waals surface area contributed by atoms with E-state index in [2.05, 4.69) is 5.32 Å². The fraction of sp³-hybridized carbons (Fsp3) is 0.533. The number of aliphatic hydroxyl groups excluding tert-OH is 1. The molecule has 1 aromatic rings. The molecule has 2 rings (SSSR count). The number of carbonyl (C=O) groups excluding carboxylic acids is 1. The fourth-order valence-electron chi connectivity index (χ4n) is 2.55. The van der Waals surface area contributed by atoms with Crippen molar-refractivity contribution in [3.05, 3.63) is 35.9 Å². The molecule has 1 fully saturated rings. The summed E-state index contributed by atoms with van der Waals surface area (Å²) in [7, 11) is 0. The average molecular weight is 247 g/mol. The largest absolute Gasteiger partial charge is 0.373 e. The van der Waals surface area contributed by atoms with Gasteiger partial charge in [0.25, 0.3) is 5.91 Å². The summed E-state index contributed by atoms with van der Waals surface area (Å²) in [5.41, 5.74) is 0.602. The first-order valence-electron chi connectivity index (χ1n) is 6.81. The van der Waals surface area contributed by atoms with Crippen LogP contribution in [0.1, 0.15) is 48.9 Å². The highest BCUT2D eigenvalue weighted by molar-refractivity contribution is 5.94. The van der Waals surface area contributed by atoms with Crippen LogP contribution < -0.4 is 5.32 Å². The second kappa shape index (κ2) is 6.55. The minimum Gasteiger partial charge on any atom is -0.373 e. The molecule has 1 amide bonds. The lowest BCUT2D eigenvalue weighted by Gasteiger charge is -2.22. The Bertz CT molecular complexity index is 369. The molecule has 1 aliphatic rings. The summed E-state index contributed by atoms with van der Waals surface area (Å²) >= 11 is 0. The van der Waals surface area contributed by atoms with Crippen LogP contribution in [-0.2, 0) is 0 Å². The van der Waals surface area contributed by atoms with Gasteiger partial charge in [0.05, 0.1) is 0 Å². The van der Waals surface area contributed by atoms with E-state index >= 15 is 0 Å². The van der Waals surface area contributed by atoms with Crippen molar-refractivity contribution in [3.8, 4) is 0 Å². The van der Waals surface area contributed by atoms with Crippen LogP contribution in [0.3, 0.4) is 0 Å². The highest BCUT2D eigenvalue weighted by atomic mass is 16.3. The van der Waals surface area contributed by atoms with E-state index in [9.17, 15) is 9.90 Å². The van der Waals surface area contributed by atoms with Gasteiger partial charge in [0.15, 0.2) is 0 Å². The van der Waals surface area contributed by atoms with E-state index in [1.54, 1.807) is 12.1 Å². The molecule has 1 unspecified atom stereocenters. The van der Waals surface area contributed by atoms with Crippen molar-refractivity contribution in [3.63, 3.8) is 0 Å². The van der Waals surface area contributed by atoms with E-state index in [4.69, 9.17) is 0 Å². The molecule has 0 spiro atoms. The van der Waals surface area contributed by atoms with Crippen LogP contribution in [0.4, 0.5) is 0 Å². The molecule has 0 bridgehead atoms. The molecule has 0 aliphatic heterocycles. The zero-order valence-electron chi connectivity index (χ0n) is 10.6. The Morgan fingerprint density at radius 2 is 1.72 bits per heavy atom. The van der Waals surface area contributed by atoms with Crippen molar-refractivity contribution in [2.45, 2.75) is 44.8 Å². The Hall–Kier alpha value is -1.35. The molecule has 98 valence electrons. The van der Waals surface area contributed by atoms with Crippen molar-refractivity contribution in [2.24, 2.45) is 5.92 Å². The van der Waals surface area contributed by atoms with Crippen LogP contribution in [0.25, 0.3) is 0 Å². The van der Waals surface area contributed by atoms with Gasteiger partial charge in [-0.1, -0.05) is 43.9 Å². The lowest BCUT2D eigenvalue weighted by atomic mass is 9.98. The average Bonchev–Trinajstić information content (AvgIpc) is 2.68. The summed E-state index contributed by atoms with van der Waals surface area (Å²) in [6.45, 7) is 0. The van der Waals surface area contributed by atoms with E-state index in [1.807, 2.05) is 18.2 Å². The van der Waals surface area contributed by atoms with Crippen LogP contribution >= 0.6 is 0 Å². The van der Waals surface area contributed by atoms with Crippen LogP contribution in [0.5, 0.6) is 0 Å². The molecule has 0 heterocycles. The van der Waals surface area contributed by atoms with Gasteiger partial charge in [-0.15, -0.1) is 0 Å². The van der Waals surface area contributed by atoms with Gasteiger partial charge in [-0.25, -0.2) is 0 Å². The van der Waals surface area contributed by atoms with Crippen molar-refractivity contribution in [1.29, 1.82) is 0 Å². The SMILES string of the molecule is O=C(NC(O)C1CCCCCC1)c1ccccc1. The summed E-state index contributed by atoms with van der Waals surface area (Å²) in [5.74, 6) is 0.0208. The Morgan fingerprint density at radius 1 is 1.11 bits per heavy atom. The standard InChI is InChI=1S/C15H21NO2/c17-14(12-8-4-1-2-5-9-12)16-15(18)13-10-6-3-7-11-13/h3,6-7,10-12,14,17H,1-2,4-5,8-9H2,(H,16,18). The molecule has 3 heteroatoms. The number of rotatable bonds is 3. The first kappa shape index (κ1) is 13.1. The molecule has 3 nitrogen and oxygen atoms in total. The van der Waals surface area contributed by atoms with Crippen LogP contribution in [0, 0.1) is 5.92 Å². The third-order valence-electron chi connectivity index (χ3n) is 3.66. The third-order valence-corrected chi connectivity index (χ3v) is 3.66. The Balaban J connectivity index is 1.90. The molecular formula is C15H21NO2. The Labute approximate surface area is 108 Å². The topological polar surface area (TPSA) is 49.3 Å². The molecule has 1 aliphatic carbocycles. The highest BCUT2D eigenvalue weighted by Crippen LogP contribution is 2.24. The van der Waals surface area contributed by atoms with Crippen LogP contribution in [-0.4, -0.2) is 17.2 Å². The molecule has 0 radical (unpaired) electrons. The van der Waals surface area contributed by atoms with Gasteiger partial charge in [-0.2, -0.15) is 0 Å². The number of nitrogens with one attached hydrogen (secondary N) is 1. The van der Waals surface area contributed by atoms with E-state index < -0.39 is 6.23 Å². The van der Waals surface area contributed by atoms with Crippen molar-refractivity contribution >= 4 is 5.91 Å². The summed E-state index contributed by atoms with van der Waals surface area (Å²) < 4.78 is 0. The second-order valence-corrected chi connectivity index (χ2v) is 5.04. The Morgan fingerprint density at radius 3 is 2.33 bits per heavy atom. The molecule has 2 N–H and O–H groups in total. The maximum atomic E-state index is 11.9. The molecule has 0 saturated heterocycles. The van der Waals surface area contributed by atoms with Gasteiger partial charge in [0.1, 0.15) is 6.23 Å². The predicted molar refractivity (Wildman–Crippen MR) is 71.1 cm³/mol. The normalized spacial score (nSPS) is 18.9. The number of hydrogen-bond acceptors (Lipinski definition) is 2. The van der Waals surface area contributed by atoms with Crippen LogP contribution in [0.2, 0.25) is 0 Å². The maximum absolute atomic E-state index is 11.9. The fourth-order valence-corrected chi connectivity index (χ4v) is 2.55. The molecular weight excluding hydrogens is 226 g/mol. The first-order valence-corrected chi connectivity index (χ1v) is 6.81. The van der Waals surface area contributed by atoms with Gasteiger partial charge in [0, 0.05) is 11.5 Å². The number of aliphatic hydroxyl groups is 1. The summed E-state index contributed by atoms with van der Waals surface area (Å²) in [6.07, 6.45) is 6.11. The van der Waals surface area contributed by atoms with Gasteiger partial charge >= 0.3 is 0 Å². The minimum absolute atomic E-state index is 0.188. The Kier molecular flexibility index (Phi) is 4.76. The second-order valence-electron chi connectivity index (χ2n) is 5.04. The van der Waals surface area contributed by atoms with E-state index in [0.29, 0.717) is 5.56 Å². The predicted octanol–water partition coefficient (Wildman–Crippen LogP) is 2.71. The zero-order chi connectivity index (χ0) is 12.8. The third kappa shape index (κ3) is 3.57. The summed E-state index contributed by atoms with van der Waals surface area (Å²) in [5, 5.41) is 12.8. The van der Waals surface area contributed by atoms with E-state index in [-0.39, 0.29) is 11.8 Å². The lowest BCUT2D eigenvalue weighted by Crippen LogP contribution is -2.40. The van der Waals surface area contributed by atoms with Crippen molar-refractivity contribution in [1.82, 2.24) is 5.32 Å². The van der Waals surface area contributed by atoms with Crippen LogP contribution in [0.15, 0.2) is 30.3 Å². The van der Waals surface area contributed by atoms with Gasteiger partial charge < -0.3 is 10.4 Å². The lowest BCUT2D eigenvalue weighted by molar-refractivity contribution is 0.0532. The first-order chi connectivity index (χ1) is 8.77. The molecule has 1 atom stereocenters. The van der Waals surface area contributed by atoms with Gasteiger partial charge in [0.2, 0.25) is 0 Å². The maximum Gasteiger partial charge on any atom is 0.253 e. The molecule has 1 aromatic carbocycles.